The first kappa shape index (κ1) is 12.6. The fraction of sp³-hybridized carbons (Fsp3) is 0.357. The van der Waals surface area contributed by atoms with Gasteiger partial charge in [0, 0.05) is 12.2 Å². The lowest BCUT2D eigenvalue weighted by molar-refractivity contribution is 0.202. The summed E-state index contributed by atoms with van der Waals surface area (Å²) in [6.07, 6.45) is 0.388. The molecule has 3 nitrogen and oxygen atoms in total. The number of halogens is 1. The molecule has 2 aromatic rings. The minimum absolute atomic E-state index is 0.227. The van der Waals surface area contributed by atoms with Crippen LogP contribution in [0.15, 0.2) is 18.2 Å². The molecule has 1 atom stereocenters. The van der Waals surface area contributed by atoms with E-state index >= 15 is 0 Å². The summed E-state index contributed by atoms with van der Waals surface area (Å²) in [5.74, 6) is -0.227. The van der Waals surface area contributed by atoms with Crippen molar-refractivity contribution in [2.45, 2.75) is 26.4 Å². The van der Waals surface area contributed by atoms with Crippen LogP contribution in [-0.4, -0.2) is 16.6 Å². The molecule has 0 aliphatic carbocycles. The van der Waals surface area contributed by atoms with Crippen molar-refractivity contribution in [1.29, 1.82) is 0 Å². The maximum atomic E-state index is 13.4. The molecule has 0 bridgehead atoms. The number of aromatic nitrogens is 1. The summed E-state index contributed by atoms with van der Waals surface area (Å²) in [6, 6.07) is 4.89. The maximum Gasteiger partial charge on any atom is 0.190 e. The zero-order valence-corrected chi connectivity index (χ0v) is 11.7. The van der Waals surface area contributed by atoms with Crippen molar-refractivity contribution >= 4 is 22.2 Å². The van der Waals surface area contributed by atoms with E-state index in [9.17, 15) is 9.50 Å². The van der Waals surface area contributed by atoms with Crippen LogP contribution in [-0.2, 0) is 6.42 Å². The van der Waals surface area contributed by atoms with Gasteiger partial charge in [0.2, 0.25) is 0 Å². The molecule has 0 spiro atoms. The summed E-state index contributed by atoms with van der Waals surface area (Å²) in [4.78, 5) is 7.41. The van der Waals surface area contributed by atoms with Gasteiger partial charge < -0.3 is 10.0 Å². The number of rotatable bonds is 2. The zero-order chi connectivity index (χ0) is 13.6. The lowest BCUT2D eigenvalue weighted by Gasteiger charge is -2.15. The summed E-state index contributed by atoms with van der Waals surface area (Å²) in [5.41, 5.74) is 2.89. The molecule has 0 radical (unpaired) electrons. The molecule has 1 N–H and O–H groups in total. The van der Waals surface area contributed by atoms with Crippen LogP contribution in [0.25, 0.3) is 0 Å². The monoisotopic (exact) mass is 278 g/mol. The number of aliphatic hydroxyl groups is 1. The average molecular weight is 278 g/mol. The third kappa shape index (κ3) is 2.13. The highest BCUT2D eigenvalue weighted by molar-refractivity contribution is 7.15. The van der Waals surface area contributed by atoms with Gasteiger partial charge in [0.05, 0.1) is 16.7 Å². The van der Waals surface area contributed by atoms with Crippen LogP contribution in [0.5, 0.6) is 0 Å². The minimum Gasteiger partial charge on any atom is -0.388 e. The van der Waals surface area contributed by atoms with E-state index < -0.39 is 6.10 Å². The summed E-state index contributed by atoms with van der Waals surface area (Å²) in [7, 11) is 0. The largest absolute Gasteiger partial charge is 0.388 e. The lowest BCUT2D eigenvalue weighted by atomic mass is 10.2. The molecule has 0 saturated carbocycles. The number of fused-ring (bicyclic) bond motifs is 1. The molecule has 1 aromatic carbocycles. The smallest absolute Gasteiger partial charge is 0.190 e. The molecule has 0 amide bonds. The van der Waals surface area contributed by atoms with Crippen LogP contribution >= 0.6 is 11.3 Å². The number of aryl methyl sites for hydroxylation is 1. The molecular formula is C14H15FN2OS. The van der Waals surface area contributed by atoms with Crippen LogP contribution in [0.1, 0.15) is 29.2 Å². The van der Waals surface area contributed by atoms with Gasteiger partial charge in [-0.25, -0.2) is 9.37 Å². The van der Waals surface area contributed by atoms with Gasteiger partial charge in [-0.05, 0) is 38.0 Å². The van der Waals surface area contributed by atoms with E-state index in [1.165, 1.54) is 17.4 Å². The van der Waals surface area contributed by atoms with Crippen molar-refractivity contribution in [2.75, 3.05) is 11.4 Å². The fourth-order valence-electron chi connectivity index (χ4n) is 2.45. The third-order valence-corrected chi connectivity index (χ3v) is 4.73. The molecule has 5 heteroatoms. The van der Waals surface area contributed by atoms with Gasteiger partial charge in [-0.1, -0.05) is 17.4 Å². The van der Waals surface area contributed by atoms with E-state index in [1.54, 1.807) is 13.0 Å². The minimum atomic E-state index is -0.513. The van der Waals surface area contributed by atoms with Crippen LogP contribution in [0.3, 0.4) is 0 Å². The first-order valence-electron chi connectivity index (χ1n) is 6.27. The SMILES string of the molecule is Cc1nc(N2CCc3ccc(F)cc32)sc1C(C)O. The lowest BCUT2D eigenvalue weighted by Crippen LogP contribution is -2.12. The summed E-state index contributed by atoms with van der Waals surface area (Å²) in [6.45, 7) is 4.44. The summed E-state index contributed by atoms with van der Waals surface area (Å²) < 4.78 is 13.4. The van der Waals surface area contributed by atoms with Gasteiger partial charge in [0.1, 0.15) is 5.82 Å². The van der Waals surface area contributed by atoms with Crippen molar-refractivity contribution in [1.82, 2.24) is 4.98 Å². The topological polar surface area (TPSA) is 36.4 Å². The number of thiazole rings is 1. The van der Waals surface area contributed by atoms with E-state index in [1.807, 2.05) is 17.9 Å². The first-order chi connectivity index (χ1) is 9.06. The normalized spacial score (nSPS) is 15.7. The van der Waals surface area contributed by atoms with Crippen LogP contribution < -0.4 is 4.90 Å². The Kier molecular flexibility index (Phi) is 3.03. The Labute approximate surface area is 115 Å². The Balaban J connectivity index is 2.02. The zero-order valence-electron chi connectivity index (χ0n) is 10.9. The Morgan fingerprint density at radius 3 is 2.95 bits per heavy atom. The number of aliphatic hydroxyl groups excluding tert-OH is 1. The van der Waals surface area contributed by atoms with Gasteiger partial charge in [-0.3, -0.25) is 0 Å². The maximum absolute atomic E-state index is 13.4. The molecule has 1 aliphatic rings. The second-order valence-electron chi connectivity index (χ2n) is 4.80. The van der Waals surface area contributed by atoms with Crippen molar-refractivity contribution in [3.63, 3.8) is 0 Å². The predicted molar refractivity (Wildman–Crippen MR) is 74.6 cm³/mol. The Morgan fingerprint density at radius 2 is 2.26 bits per heavy atom. The molecule has 2 heterocycles. The third-order valence-electron chi connectivity index (χ3n) is 3.37. The van der Waals surface area contributed by atoms with Gasteiger partial charge in [-0.15, -0.1) is 0 Å². The quantitative estimate of drug-likeness (QED) is 0.915. The van der Waals surface area contributed by atoms with Crippen LogP contribution in [0.4, 0.5) is 15.2 Å². The van der Waals surface area contributed by atoms with Crippen molar-refractivity contribution in [3.05, 3.63) is 40.2 Å². The molecule has 1 unspecified atom stereocenters. The van der Waals surface area contributed by atoms with Crippen LogP contribution in [0, 0.1) is 12.7 Å². The van der Waals surface area contributed by atoms with Crippen molar-refractivity contribution < 1.29 is 9.50 Å². The molecule has 0 fully saturated rings. The molecule has 1 aromatic heterocycles. The Hall–Kier alpha value is -1.46. The van der Waals surface area contributed by atoms with Crippen LogP contribution in [0.2, 0.25) is 0 Å². The predicted octanol–water partition coefficient (Wildman–Crippen LogP) is 3.34. The standard InChI is InChI=1S/C14H15FN2OS/c1-8-13(9(2)18)19-14(16-8)17-6-5-10-3-4-11(15)7-12(10)17/h3-4,7,9,18H,5-6H2,1-2H3. The number of hydrogen-bond donors (Lipinski definition) is 1. The first-order valence-corrected chi connectivity index (χ1v) is 7.09. The van der Waals surface area contributed by atoms with E-state index in [2.05, 4.69) is 4.98 Å². The molecule has 0 saturated heterocycles. The number of benzene rings is 1. The van der Waals surface area contributed by atoms with Gasteiger partial charge >= 0.3 is 0 Å². The van der Waals surface area contributed by atoms with Crippen molar-refractivity contribution in [3.8, 4) is 0 Å². The van der Waals surface area contributed by atoms with Gasteiger partial charge in [0.15, 0.2) is 5.13 Å². The van der Waals surface area contributed by atoms with E-state index in [0.717, 1.165) is 39.9 Å². The van der Waals surface area contributed by atoms with Crippen molar-refractivity contribution in [2.24, 2.45) is 0 Å². The highest BCUT2D eigenvalue weighted by Crippen LogP contribution is 2.39. The summed E-state index contributed by atoms with van der Waals surface area (Å²) in [5, 5.41) is 10.5. The average Bonchev–Trinajstić information content (AvgIpc) is 2.91. The Bertz CT molecular complexity index is 624. The number of anilines is 2. The molecule has 19 heavy (non-hydrogen) atoms. The van der Waals surface area contributed by atoms with E-state index in [0.29, 0.717) is 0 Å². The molecular weight excluding hydrogens is 263 g/mol. The highest BCUT2D eigenvalue weighted by Gasteiger charge is 2.24. The summed E-state index contributed by atoms with van der Waals surface area (Å²) >= 11 is 1.48. The van der Waals surface area contributed by atoms with Gasteiger partial charge in [0.25, 0.3) is 0 Å². The van der Waals surface area contributed by atoms with E-state index in [-0.39, 0.29) is 5.82 Å². The molecule has 3 rings (SSSR count). The second-order valence-corrected chi connectivity index (χ2v) is 5.81. The fourth-order valence-corrected chi connectivity index (χ4v) is 3.49. The molecule has 100 valence electrons. The van der Waals surface area contributed by atoms with E-state index in [4.69, 9.17) is 0 Å². The molecule has 1 aliphatic heterocycles. The Morgan fingerprint density at radius 1 is 1.47 bits per heavy atom. The van der Waals surface area contributed by atoms with Gasteiger partial charge in [-0.2, -0.15) is 0 Å². The highest BCUT2D eigenvalue weighted by atomic mass is 32.1. The second kappa shape index (κ2) is 4.58. The number of hydrogen-bond acceptors (Lipinski definition) is 4. The number of nitrogens with zero attached hydrogens (tertiary/aromatic N) is 2.